The minimum absolute atomic E-state index is 0.0156. The van der Waals surface area contributed by atoms with Crippen LogP contribution in [0.3, 0.4) is 0 Å². The van der Waals surface area contributed by atoms with Gasteiger partial charge in [0.05, 0.1) is 12.2 Å². The van der Waals surface area contributed by atoms with Crippen molar-refractivity contribution in [3.05, 3.63) is 35.4 Å². The lowest BCUT2D eigenvalue weighted by Gasteiger charge is -2.25. The second-order valence-corrected chi connectivity index (χ2v) is 8.05. The van der Waals surface area contributed by atoms with E-state index in [4.69, 9.17) is 4.74 Å². The molecule has 1 aliphatic heterocycles. The van der Waals surface area contributed by atoms with Crippen molar-refractivity contribution in [2.45, 2.75) is 44.9 Å². The highest BCUT2D eigenvalue weighted by atomic mass is 19.4. The average Bonchev–Trinajstić information content (AvgIpc) is 3.53. The van der Waals surface area contributed by atoms with Crippen molar-refractivity contribution < 1.29 is 37.1 Å². The molecule has 4 amide bonds. The van der Waals surface area contributed by atoms with Crippen LogP contribution in [0.5, 0.6) is 0 Å². The van der Waals surface area contributed by atoms with E-state index in [1.807, 2.05) is 0 Å². The Morgan fingerprint density at radius 3 is 2.38 bits per heavy atom. The summed E-state index contributed by atoms with van der Waals surface area (Å²) in [6.07, 6.45) is -2.91. The second-order valence-electron chi connectivity index (χ2n) is 8.05. The topological polar surface area (TPSA) is 96.0 Å². The fourth-order valence-electron chi connectivity index (χ4n) is 3.65. The van der Waals surface area contributed by atoms with Gasteiger partial charge in [0.1, 0.15) is 18.6 Å². The number of benzene rings is 1. The van der Waals surface area contributed by atoms with Crippen LogP contribution in [-0.4, -0.2) is 58.8 Å². The van der Waals surface area contributed by atoms with E-state index >= 15 is 0 Å². The molecule has 0 bridgehead atoms. The van der Waals surface area contributed by atoms with E-state index in [-0.39, 0.29) is 19.1 Å². The van der Waals surface area contributed by atoms with Gasteiger partial charge in [-0.1, -0.05) is 12.1 Å². The number of esters is 1. The van der Waals surface area contributed by atoms with Crippen molar-refractivity contribution in [1.29, 1.82) is 0 Å². The van der Waals surface area contributed by atoms with Crippen LogP contribution in [0.25, 0.3) is 0 Å². The van der Waals surface area contributed by atoms with E-state index < -0.39 is 54.2 Å². The highest BCUT2D eigenvalue weighted by molar-refractivity contribution is 6.09. The molecule has 1 aromatic rings. The molecule has 1 aromatic carbocycles. The van der Waals surface area contributed by atoms with Crippen LogP contribution in [0, 0.1) is 5.92 Å². The number of hydrogen-bond acceptors (Lipinski definition) is 5. The molecule has 1 saturated heterocycles. The highest BCUT2D eigenvalue weighted by Gasteiger charge is 2.56. The van der Waals surface area contributed by atoms with E-state index in [9.17, 15) is 32.3 Å². The first kappa shape index (κ1) is 23.6. The third-order valence-electron chi connectivity index (χ3n) is 5.62. The van der Waals surface area contributed by atoms with Gasteiger partial charge < -0.3 is 15.0 Å². The smallest absolute Gasteiger partial charge is 0.416 e. The van der Waals surface area contributed by atoms with Gasteiger partial charge in [0.15, 0.2) is 0 Å². The summed E-state index contributed by atoms with van der Waals surface area (Å²) in [5.74, 6) is -1.92. The number of carbonyl (C=O) groups is 4. The average molecular weight is 455 g/mol. The summed E-state index contributed by atoms with van der Waals surface area (Å²) < 4.78 is 43.2. The number of alkyl halides is 3. The van der Waals surface area contributed by atoms with E-state index in [1.165, 1.54) is 12.1 Å². The summed E-state index contributed by atoms with van der Waals surface area (Å²) in [6, 6.07) is 3.46. The minimum Gasteiger partial charge on any atom is -0.465 e. The van der Waals surface area contributed by atoms with Gasteiger partial charge in [0, 0.05) is 6.54 Å². The van der Waals surface area contributed by atoms with Gasteiger partial charge in [0.25, 0.3) is 5.91 Å². The van der Waals surface area contributed by atoms with Crippen LogP contribution < -0.4 is 5.32 Å². The predicted molar refractivity (Wildman–Crippen MR) is 105 cm³/mol. The predicted octanol–water partition coefficient (Wildman–Crippen LogP) is 2.32. The maximum absolute atomic E-state index is 12.9. The largest absolute Gasteiger partial charge is 0.465 e. The summed E-state index contributed by atoms with van der Waals surface area (Å²) in [5, 5.41) is 2.64. The summed E-state index contributed by atoms with van der Waals surface area (Å²) in [5.41, 5.74) is -1.56. The summed E-state index contributed by atoms with van der Waals surface area (Å²) in [7, 11) is 0. The van der Waals surface area contributed by atoms with Gasteiger partial charge in [-0.05, 0) is 50.3 Å². The lowest BCUT2D eigenvalue weighted by Crippen LogP contribution is -2.47. The molecule has 1 unspecified atom stereocenters. The van der Waals surface area contributed by atoms with Crippen LogP contribution in [0.4, 0.5) is 18.0 Å². The molecule has 32 heavy (non-hydrogen) atoms. The first-order valence-corrected chi connectivity index (χ1v) is 10.2. The zero-order chi connectivity index (χ0) is 23.7. The molecule has 0 aromatic heterocycles. The Kier molecular flexibility index (Phi) is 6.47. The molecule has 1 N–H and O–H groups in total. The van der Waals surface area contributed by atoms with E-state index in [0.717, 1.165) is 34.8 Å². The fraction of sp³-hybridized carbons (Fsp3) is 0.524. The first-order chi connectivity index (χ1) is 15.0. The molecule has 0 spiro atoms. The van der Waals surface area contributed by atoms with Crippen LogP contribution >= 0.6 is 0 Å². The molecular formula is C21H24F3N3O5. The fourth-order valence-corrected chi connectivity index (χ4v) is 3.65. The Bertz CT molecular complexity index is 914. The standard InChI is InChI=1S/C21H24F3N3O5/c1-3-32-17(29)12-26(10-13-4-6-15(7-5-13)21(22,23)24)16(28)11-27-18(30)20(2,14-8-9-14)25-19(27)31/h4-7,14H,3,8-12H2,1-2H3,(H,25,31). The first-order valence-electron chi connectivity index (χ1n) is 10.2. The lowest BCUT2D eigenvalue weighted by molar-refractivity contribution is -0.150. The van der Waals surface area contributed by atoms with Crippen LogP contribution in [0.1, 0.15) is 37.8 Å². The quantitative estimate of drug-likeness (QED) is 0.480. The Balaban J connectivity index is 1.74. The molecule has 3 rings (SSSR count). The van der Waals surface area contributed by atoms with Crippen molar-refractivity contribution >= 4 is 23.8 Å². The summed E-state index contributed by atoms with van der Waals surface area (Å²) >= 11 is 0. The molecule has 1 aliphatic carbocycles. The molecular weight excluding hydrogens is 431 g/mol. The van der Waals surface area contributed by atoms with Crippen molar-refractivity contribution in [2.75, 3.05) is 19.7 Å². The molecule has 174 valence electrons. The van der Waals surface area contributed by atoms with Gasteiger partial charge in [-0.25, -0.2) is 4.79 Å². The zero-order valence-corrected chi connectivity index (χ0v) is 17.7. The van der Waals surface area contributed by atoms with Crippen molar-refractivity contribution in [2.24, 2.45) is 5.92 Å². The number of nitrogens with zero attached hydrogens (tertiary/aromatic N) is 2. The monoisotopic (exact) mass is 455 g/mol. The molecule has 1 heterocycles. The van der Waals surface area contributed by atoms with Gasteiger partial charge in [-0.3, -0.25) is 19.3 Å². The lowest BCUT2D eigenvalue weighted by atomic mass is 9.96. The molecule has 1 saturated carbocycles. The van der Waals surface area contributed by atoms with Crippen LogP contribution in [0.15, 0.2) is 24.3 Å². The molecule has 11 heteroatoms. The number of carbonyl (C=O) groups excluding carboxylic acids is 4. The number of urea groups is 1. The van der Waals surface area contributed by atoms with Crippen molar-refractivity contribution in [1.82, 2.24) is 15.1 Å². The normalized spacial score (nSPS) is 20.8. The molecule has 2 fully saturated rings. The van der Waals surface area contributed by atoms with Crippen molar-refractivity contribution in [3.63, 3.8) is 0 Å². The highest BCUT2D eigenvalue weighted by Crippen LogP contribution is 2.42. The Morgan fingerprint density at radius 1 is 1.22 bits per heavy atom. The number of hydrogen-bond donors (Lipinski definition) is 1. The van der Waals surface area contributed by atoms with Gasteiger partial charge in [-0.15, -0.1) is 0 Å². The van der Waals surface area contributed by atoms with E-state index in [2.05, 4.69) is 5.32 Å². The minimum atomic E-state index is -4.50. The number of rotatable bonds is 8. The van der Waals surface area contributed by atoms with Crippen molar-refractivity contribution in [3.8, 4) is 0 Å². The van der Waals surface area contributed by atoms with Crippen LogP contribution in [-0.2, 0) is 31.8 Å². The maximum Gasteiger partial charge on any atom is 0.416 e. The Morgan fingerprint density at radius 2 is 1.84 bits per heavy atom. The number of amides is 4. The number of imide groups is 1. The van der Waals surface area contributed by atoms with Gasteiger partial charge >= 0.3 is 18.2 Å². The SMILES string of the molecule is CCOC(=O)CN(Cc1ccc(C(F)(F)F)cc1)C(=O)CN1C(=O)NC(C)(C2CC2)C1=O. The third kappa shape index (κ3) is 5.03. The Hall–Kier alpha value is -3.11. The van der Waals surface area contributed by atoms with Gasteiger partial charge in [0.2, 0.25) is 5.91 Å². The zero-order valence-electron chi connectivity index (χ0n) is 17.7. The number of ether oxygens (including phenoxy) is 1. The third-order valence-corrected chi connectivity index (χ3v) is 5.62. The van der Waals surface area contributed by atoms with E-state index in [0.29, 0.717) is 5.56 Å². The Labute approximate surface area is 182 Å². The summed E-state index contributed by atoms with van der Waals surface area (Å²) in [6.45, 7) is 2.03. The van der Waals surface area contributed by atoms with Crippen LogP contribution in [0.2, 0.25) is 0 Å². The summed E-state index contributed by atoms with van der Waals surface area (Å²) in [4.78, 5) is 51.9. The molecule has 2 aliphatic rings. The van der Waals surface area contributed by atoms with E-state index in [1.54, 1.807) is 13.8 Å². The molecule has 1 atom stereocenters. The van der Waals surface area contributed by atoms with Gasteiger partial charge in [-0.2, -0.15) is 13.2 Å². The number of halogens is 3. The number of nitrogens with one attached hydrogen (secondary N) is 1. The molecule has 0 radical (unpaired) electrons. The molecule has 8 nitrogen and oxygen atoms in total. The maximum atomic E-state index is 12.9. The second kappa shape index (κ2) is 8.79.